The second-order valence-electron chi connectivity index (χ2n) is 16.7. The summed E-state index contributed by atoms with van der Waals surface area (Å²) >= 11 is 0. The molecule has 0 aromatic rings. The summed E-state index contributed by atoms with van der Waals surface area (Å²) in [4.78, 5) is 37.9. The molecule has 0 saturated heterocycles. The first kappa shape index (κ1) is 57.9. The predicted molar refractivity (Wildman–Crippen MR) is 261 cm³/mol. The van der Waals surface area contributed by atoms with E-state index in [0.29, 0.717) is 19.3 Å². The van der Waals surface area contributed by atoms with Gasteiger partial charge in [-0.15, -0.1) is 0 Å². The van der Waals surface area contributed by atoms with E-state index < -0.39 is 6.10 Å². The Morgan fingerprint density at radius 3 is 1.05 bits per heavy atom. The molecule has 350 valence electrons. The van der Waals surface area contributed by atoms with Gasteiger partial charge in [-0.1, -0.05) is 190 Å². The first-order valence-corrected chi connectivity index (χ1v) is 25.4. The number of ether oxygens (including phenoxy) is 3. The van der Waals surface area contributed by atoms with Gasteiger partial charge < -0.3 is 14.2 Å². The van der Waals surface area contributed by atoms with Gasteiger partial charge in [-0.05, 0) is 103 Å². The largest absolute Gasteiger partial charge is 0.462 e. The molecule has 0 N–H and O–H groups in total. The second-order valence-corrected chi connectivity index (χ2v) is 16.7. The summed E-state index contributed by atoms with van der Waals surface area (Å²) in [6, 6.07) is 0. The molecule has 6 nitrogen and oxygen atoms in total. The van der Waals surface area contributed by atoms with Crippen LogP contribution in [0.5, 0.6) is 0 Å². The van der Waals surface area contributed by atoms with Crippen LogP contribution in [0.1, 0.15) is 239 Å². The third-order valence-electron chi connectivity index (χ3n) is 10.6. The Morgan fingerprint density at radius 1 is 0.328 bits per heavy atom. The van der Waals surface area contributed by atoms with E-state index in [0.717, 1.165) is 122 Å². The molecule has 0 fully saturated rings. The number of carbonyl (C=O) groups excluding carboxylic acids is 3. The number of hydrogen-bond acceptors (Lipinski definition) is 6. The zero-order valence-corrected chi connectivity index (χ0v) is 39.9. The summed E-state index contributed by atoms with van der Waals surface area (Å²) in [5, 5.41) is 0. The smallest absolute Gasteiger partial charge is 0.306 e. The van der Waals surface area contributed by atoms with Crippen LogP contribution in [0, 0.1) is 0 Å². The third-order valence-corrected chi connectivity index (χ3v) is 10.6. The molecule has 0 amide bonds. The van der Waals surface area contributed by atoms with Crippen LogP contribution in [0.4, 0.5) is 0 Å². The number of allylic oxidation sites excluding steroid dienone is 12. The number of carbonyl (C=O) groups is 3. The molecular weight excluding hydrogens is 757 g/mol. The topological polar surface area (TPSA) is 78.9 Å². The van der Waals surface area contributed by atoms with E-state index in [1.807, 2.05) is 0 Å². The molecule has 0 rings (SSSR count). The highest BCUT2D eigenvalue weighted by atomic mass is 16.6. The highest BCUT2D eigenvalue weighted by molar-refractivity contribution is 5.71. The van der Waals surface area contributed by atoms with Crippen molar-refractivity contribution >= 4 is 17.9 Å². The number of unbranched alkanes of at least 4 members (excludes halogenated alkanes) is 22. The van der Waals surface area contributed by atoms with Crippen molar-refractivity contribution in [3.8, 4) is 0 Å². The Labute approximate surface area is 376 Å². The molecule has 0 bridgehead atoms. The maximum atomic E-state index is 12.8. The van der Waals surface area contributed by atoms with Gasteiger partial charge in [0.25, 0.3) is 0 Å². The molecule has 0 aromatic heterocycles. The van der Waals surface area contributed by atoms with Crippen molar-refractivity contribution in [1.29, 1.82) is 0 Å². The standard InChI is InChI=1S/C55H94O6/c1-4-7-10-13-16-19-22-24-26-27-28-29-30-32-33-36-39-42-45-48-54(57)60-51-52(50-59-53(56)47-44-41-38-35-21-18-15-12-9-6-3)61-55(58)49-46-43-40-37-34-31-25-23-20-17-14-11-8-5-2/h12,14-17,19,23-26,28-29,52H,4-11,13,18,20-22,27,30-51H2,1-3H3/b15-12-,17-14-,19-16-,25-23-,26-24-,29-28-. The predicted octanol–water partition coefficient (Wildman–Crippen LogP) is 16.6. The Bertz CT molecular complexity index is 1160. The van der Waals surface area contributed by atoms with E-state index in [9.17, 15) is 14.4 Å². The van der Waals surface area contributed by atoms with Gasteiger partial charge in [0.05, 0.1) is 0 Å². The van der Waals surface area contributed by atoms with Crippen molar-refractivity contribution in [2.75, 3.05) is 13.2 Å². The summed E-state index contributed by atoms with van der Waals surface area (Å²) in [5.41, 5.74) is 0. The van der Waals surface area contributed by atoms with Gasteiger partial charge in [0.15, 0.2) is 6.10 Å². The van der Waals surface area contributed by atoms with Gasteiger partial charge in [-0.2, -0.15) is 0 Å². The molecule has 1 atom stereocenters. The summed E-state index contributed by atoms with van der Waals surface area (Å²) in [7, 11) is 0. The molecule has 0 aromatic carbocycles. The van der Waals surface area contributed by atoms with Crippen LogP contribution in [0.2, 0.25) is 0 Å². The van der Waals surface area contributed by atoms with Crippen molar-refractivity contribution in [2.45, 2.75) is 245 Å². The number of rotatable bonds is 45. The van der Waals surface area contributed by atoms with Gasteiger partial charge in [-0.3, -0.25) is 14.4 Å². The van der Waals surface area contributed by atoms with Crippen LogP contribution in [0.3, 0.4) is 0 Å². The van der Waals surface area contributed by atoms with Crippen molar-refractivity contribution in [2.24, 2.45) is 0 Å². The van der Waals surface area contributed by atoms with E-state index in [4.69, 9.17) is 14.2 Å². The zero-order chi connectivity index (χ0) is 44.4. The Hall–Kier alpha value is -3.15. The van der Waals surface area contributed by atoms with Gasteiger partial charge in [0, 0.05) is 19.3 Å². The molecule has 0 saturated carbocycles. The monoisotopic (exact) mass is 851 g/mol. The normalized spacial score (nSPS) is 12.6. The van der Waals surface area contributed by atoms with Crippen LogP contribution < -0.4 is 0 Å². The fraction of sp³-hybridized carbons (Fsp3) is 0.727. The van der Waals surface area contributed by atoms with Gasteiger partial charge in [-0.25, -0.2) is 0 Å². The molecule has 0 aliphatic heterocycles. The van der Waals surface area contributed by atoms with Crippen LogP contribution in [-0.4, -0.2) is 37.2 Å². The molecule has 6 heteroatoms. The molecule has 0 heterocycles. The molecule has 0 aliphatic carbocycles. The van der Waals surface area contributed by atoms with E-state index >= 15 is 0 Å². The highest BCUT2D eigenvalue weighted by Crippen LogP contribution is 2.13. The van der Waals surface area contributed by atoms with Crippen LogP contribution in [0.15, 0.2) is 72.9 Å². The first-order valence-electron chi connectivity index (χ1n) is 25.4. The Morgan fingerprint density at radius 2 is 0.639 bits per heavy atom. The van der Waals surface area contributed by atoms with Gasteiger partial charge in [0.1, 0.15) is 13.2 Å². The lowest BCUT2D eigenvalue weighted by Gasteiger charge is -2.18. The van der Waals surface area contributed by atoms with Gasteiger partial charge in [0.2, 0.25) is 0 Å². The third kappa shape index (κ3) is 47.7. The van der Waals surface area contributed by atoms with E-state index in [-0.39, 0.29) is 31.1 Å². The average molecular weight is 851 g/mol. The van der Waals surface area contributed by atoms with Crippen LogP contribution in [0.25, 0.3) is 0 Å². The van der Waals surface area contributed by atoms with Crippen LogP contribution >= 0.6 is 0 Å². The summed E-state index contributed by atoms with van der Waals surface area (Å²) in [6.45, 7) is 6.47. The number of esters is 3. The van der Waals surface area contributed by atoms with Crippen LogP contribution in [-0.2, 0) is 28.6 Å². The fourth-order valence-electron chi connectivity index (χ4n) is 6.76. The van der Waals surface area contributed by atoms with E-state index in [1.54, 1.807) is 0 Å². The van der Waals surface area contributed by atoms with E-state index in [1.165, 1.54) is 77.0 Å². The van der Waals surface area contributed by atoms with Crippen molar-refractivity contribution in [3.05, 3.63) is 72.9 Å². The maximum absolute atomic E-state index is 12.8. The average Bonchev–Trinajstić information content (AvgIpc) is 3.26. The minimum absolute atomic E-state index is 0.0905. The summed E-state index contributed by atoms with van der Waals surface area (Å²) < 4.78 is 16.7. The maximum Gasteiger partial charge on any atom is 0.306 e. The molecular formula is C55H94O6. The van der Waals surface area contributed by atoms with E-state index in [2.05, 4.69) is 93.7 Å². The quantitative estimate of drug-likeness (QED) is 0.0263. The SMILES string of the molecule is CCC/C=C\CCCCCCCC(=O)OCC(COC(=O)CCCCCCCC/C=C\C/C=C\C/C=C\CCCCC)OC(=O)CCCCCCC/C=C\C/C=C\CCCC. The second kappa shape index (κ2) is 49.5. The van der Waals surface area contributed by atoms with Crippen molar-refractivity contribution in [1.82, 2.24) is 0 Å². The minimum atomic E-state index is -0.790. The fourth-order valence-corrected chi connectivity index (χ4v) is 6.76. The molecule has 0 spiro atoms. The zero-order valence-electron chi connectivity index (χ0n) is 39.9. The highest BCUT2D eigenvalue weighted by Gasteiger charge is 2.19. The first-order chi connectivity index (χ1) is 30.0. The number of hydrogen-bond donors (Lipinski definition) is 0. The summed E-state index contributed by atoms with van der Waals surface area (Å²) in [6.07, 6.45) is 61.7. The molecule has 1 unspecified atom stereocenters. The molecule has 0 aliphatic rings. The lowest BCUT2D eigenvalue weighted by Crippen LogP contribution is -2.30. The molecule has 0 radical (unpaired) electrons. The molecule has 61 heavy (non-hydrogen) atoms. The minimum Gasteiger partial charge on any atom is -0.462 e. The van der Waals surface area contributed by atoms with Crippen molar-refractivity contribution in [3.63, 3.8) is 0 Å². The van der Waals surface area contributed by atoms with Gasteiger partial charge >= 0.3 is 17.9 Å². The Balaban J connectivity index is 4.38. The lowest BCUT2D eigenvalue weighted by atomic mass is 10.1. The van der Waals surface area contributed by atoms with Crippen molar-refractivity contribution < 1.29 is 28.6 Å². The Kier molecular flexibility index (Phi) is 46.9. The summed E-state index contributed by atoms with van der Waals surface area (Å²) in [5.74, 6) is -0.928. The lowest BCUT2D eigenvalue weighted by molar-refractivity contribution is -0.167.